The van der Waals surface area contributed by atoms with Gasteiger partial charge in [0.1, 0.15) is 24.7 Å². The Balaban J connectivity index is 1.85. The molecule has 0 bridgehead atoms. The van der Waals surface area contributed by atoms with Crippen molar-refractivity contribution in [3.63, 3.8) is 0 Å². The van der Waals surface area contributed by atoms with E-state index in [0.717, 1.165) is 0 Å². The second-order valence-electron chi connectivity index (χ2n) is 4.40. The third-order valence-electron chi connectivity index (χ3n) is 2.79. The van der Waals surface area contributed by atoms with Gasteiger partial charge in [-0.2, -0.15) is 0 Å². The Morgan fingerprint density at radius 1 is 1.26 bits per heavy atom. The van der Waals surface area contributed by atoms with E-state index in [4.69, 9.17) is 27.9 Å². The van der Waals surface area contributed by atoms with Crippen LogP contribution in [0.3, 0.4) is 0 Å². The fourth-order valence-corrected chi connectivity index (χ4v) is 2.02. The smallest absolute Gasteiger partial charge is 0.325 e. The summed E-state index contributed by atoms with van der Waals surface area (Å²) in [4.78, 5) is 27.2. The summed E-state index contributed by atoms with van der Waals surface area (Å²) in [6.45, 7) is -0.714. The van der Waals surface area contributed by atoms with Gasteiger partial charge in [-0.3, -0.25) is 14.6 Å². The van der Waals surface area contributed by atoms with Crippen LogP contribution in [0.15, 0.2) is 36.5 Å². The molecule has 2 rings (SSSR count). The summed E-state index contributed by atoms with van der Waals surface area (Å²) in [5.41, 5.74) is 0.146. The van der Waals surface area contributed by atoms with Gasteiger partial charge in [0.2, 0.25) is 0 Å². The lowest BCUT2D eigenvalue weighted by Gasteiger charge is -2.08. The number of amides is 1. The maximum atomic E-state index is 13.5. The lowest BCUT2D eigenvalue weighted by atomic mass is 10.2. The highest BCUT2D eigenvalue weighted by molar-refractivity contribution is 6.31. The first-order chi connectivity index (χ1) is 11.0. The van der Waals surface area contributed by atoms with Crippen LogP contribution in [0.25, 0.3) is 0 Å². The summed E-state index contributed by atoms with van der Waals surface area (Å²) in [6.07, 6.45) is 1.37. The highest BCUT2D eigenvalue weighted by Gasteiger charge is 2.13. The number of pyridine rings is 1. The molecule has 0 aliphatic heterocycles. The number of nitrogens with zero attached hydrogens (tertiary/aromatic N) is 1. The standard InChI is InChI=1S/C15H11Cl2FN2O3/c16-9-4-5-19-13(6-9)15(22)20-7-14(21)23-8-10-11(17)2-1-3-12(10)18/h1-6H,7-8H2,(H,20,22). The van der Waals surface area contributed by atoms with E-state index in [9.17, 15) is 14.0 Å². The summed E-state index contributed by atoms with van der Waals surface area (Å²) < 4.78 is 18.4. The topological polar surface area (TPSA) is 68.3 Å². The average molecular weight is 357 g/mol. The number of carbonyl (C=O) groups is 2. The minimum Gasteiger partial charge on any atom is -0.459 e. The van der Waals surface area contributed by atoms with Crippen molar-refractivity contribution in [1.82, 2.24) is 10.3 Å². The van der Waals surface area contributed by atoms with E-state index in [0.29, 0.717) is 5.02 Å². The SMILES string of the molecule is O=C(CNC(=O)c1cc(Cl)ccn1)OCc1c(F)cccc1Cl. The number of aromatic nitrogens is 1. The van der Waals surface area contributed by atoms with Crippen LogP contribution < -0.4 is 5.32 Å². The maximum absolute atomic E-state index is 13.5. The second kappa shape index (κ2) is 7.89. The number of rotatable bonds is 5. The number of carbonyl (C=O) groups excluding carboxylic acids is 2. The lowest BCUT2D eigenvalue weighted by molar-refractivity contribution is -0.143. The zero-order valence-electron chi connectivity index (χ0n) is 11.7. The van der Waals surface area contributed by atoms with Gasteiger partial charge < -0.3 is 10.1 Å². The van der Waals surface area contributed by atoms with Gasteiger partial charge in [0.15, 0.2) is 0 Å². The number of nitrogens with one attached hydrogen (secondary N) is 1. The molecule has 0 saturated heterocycles. The number of halogens is 3. The summed E-state index contributed by atoms with van der Waals surface area (Å²) in [6, 6.07) is 7.02. The predicted octanol–water partition coefficient (Wildman–Crippen LogP) is 3.00. The van der Waals surface area contributed by atoms with Crippen molar-refractivity contribution in [3.05, 3.63) is 63.6 Å². The number of esters is 1. The minimum atomic E-state index is -0.736. The second-order valence-corrected chi connectivity index (χ2v) is 5.25. The van der Waals surface area contributed by atoms with Crippen molar-refractivity contribution < 1.29 is 18.7 Å². The Hall–Kier alpha value is -2.18. The molecule has 120 valence electrons. The molecular weight excluding hydrogens is 346 g/mol. The van der Waals surface area contributed by atoms with Crippen LogP contribution >= 0.6 is 23.2 Å². The average Bonchev–Trinajstić information content (AvgIpc) is 2.52. The summed E-state index contributed by atoms with van der Waals surface area (Å²) >= 11 is 11.6. The van der Waals surface area contributed by atoms with Gasteiger partial charge in [0.05, 0.1) is 5.02 Å². The van der Waals surface area contributed by atoms with Crippen LogP contribution in [-0.4, -0.2) is 23.4 Å². The number of benzene rings is 1. The van der Waals surface area contributed by atoms with Crippen LogP contribution in [0.2, 0.25) is 10.0 Å². The highest BCUT2D eigenvalue weighted by Crippen LogP contribution is 2.19. The van der Waals surface area contributed by atoms with Gasteiger partial charge in [0, 0.05) is 16.8 Å². The van der Waals surface area contributed by atoms with Crippen molar-refractivity contribution >= 4 is 35.1 Å². The van der Waals surface area contributed by atoms with E-state index in [1.54, 1.807) is 0 Å². The highest BCUT2D eigenvalue weighted by atomic mass is 35.5. The van der Waals surface area contributed by atoms with Gasteiger partial charge in [-0.05, 0) is 24.3 Å². The van der Waals surface area contributed by atoms with Gasteiger partial charge in [0.25, 0.3) is 5.91 Å². The van der Waals surface area contributed by atoms with E-state index in [-0.39, 0.29) is 29.4 Å². The number of hydrogen-bond donors (Lipinski definition) is 1. The van der Waals surface area contributed by atoms with Crippen LogP contribution in [0, 0.1) is 5.82 Å². The van der Waals surface area contributed by atoms with E-state index in [2.05, 4.69) is 10.3 Å². The summed E-state index contributed by atoms with van der Waals surface area (Å²) in [5, 5.41) is 2.84. The Morgan fingerprint density at radius 3 is 2.74 bits per heavy atom. The predicted molar refractivity (Wildman–Crippen MR) is 82.8 cm³/mol. The monoisotopic (exact) mass is 356 g/mol. The number of ether oxygens (including phenoxy) is 1. The lowest BCUT2D eigenvalue weighted by Crippen LogP contribution is -2.31. The van der Waals surface area contributed by atoms with Crippen LogP contribution in [0.5, 0.6) is 0 Å². The Labute approximate surface area is 141 Å². The molecule has 0 aliphatic carbocycles. The molecule has 0 aliphatic rings. The Bertz CT molecular complexity index is 720. The number of hydrogen-bond acceptors (Lipinski definition) is 4. The molecule has 0 spiro atoms. The van der Waals surface area contributed by atoms with Crippen LogP contribution in [0.4, 0.5) is 4.39 Å². The third kappa shape index (κ3) is 4.91. The molecule has 0 saturated carbocycles. The van der Waals surface area contributed by atoms with Crippen molar-refractivity contribution in [2.45, 2.75) is 6.61 Å². The fourth-order valence-electron chi connectivity index (χ4n) is 1.65. The molecule has 5 nitrogen and oxygen atoms in total. The fraction of sp³-hybridized carbons (Fsp3) is 0.133. The molecule has 1 heterocycles. The van der Waals surface area contributed by atoms with E-state index in [1.165, 1.54) is 36.5 Å². The van der Waals surface area contributed by atoms with Crippen LogP contribution in [-0.2, 0) is 16.1 Å². The molecule has 23 heavy (non-hydrogen) atoms. The van der Waals surface area contributed by atoms with Crippen molar-refractivity contribution in [3.8, 4) is 0 Å². The molecule has 1 amide bonds. The van der Waals surface area contributed by atoms with Gasteiger partial charge >= 0.3 is 5.97 Å². The van der Waals surface area contributed by atoms with E-state index in [1.807, 2.05) is 0 Å². The van der Waals surface area contributed by atoms with Crippen molar-refractivity contribution in [2.75, 3.05) is 6.54 Å². The Morgan fingerprint density at radius 2 is 2.04 bits per heavy atom. The van der Waals surface area contributed by atoms with Gasteiger partial charge in [-0.1, -0.05) is 29.3 Å². The molecule has 0 unspecified atom stereocenters. The zero-order valence-corrected chi connectivity index (χ0v) is 13.2. The molecule has 2 aromatic rings. The third-order valence-corrected chi connectivity index (χ3v) is 3.38. The molecule has 1 aromatic carbocycles. The molecule has 0 atom stereocenters. The van der Waals surface area contributed by atoms with Gasteiger partial charge in [-0.15, -0.1) is 0 Å². The molecule has 0 fully saturated rings. The van der Waals surface area contributed by atoms with Crippen molar-refractivity contribution in [1.29, 1.82) is 0 Å². The van der Waals surface area contributed by atoms with E-state index < -0.39 is 17.7 Å². The molecule has 1 N–H and O–H groups in total. The molecule has 8 heteroatoms. The zero-order chi connectivity index (χ0) is 16.8. The first kappa shape index (κ1) is 17.2. The van der Waals surface area contributed by atoms with Crippen molar-refractivity contribution in [2.24, 2.45) is 0 Å². The Kier molecular flexibility index (Phi) is 5.90. The molecular formula is C15H11Cl2FN2O3. The first-order valence-corrected chi connectivity index (χ1v) is 7.21. The first-order valence-electron chi connectivity index (χ1n) is 6.45. The van der Waals surface area contributed by atoms with E-state index >= 15 is 0 Å². The largest absolute Gasteiger partial charge is 0.459 e. The summed E-state index contributed by atoms with van der Waals surface area (Å²) in [7, 11) is 0. The quantitative estimate of drug-likeness (QED) is 0.836. The van der Waals surface area contributed by atoms with Gasteiger partial charge in [-0.25, -0.2) is 4.39 Å². The normalized spacial score (nSPS) is 10.2. The molecule has 0 radical (unpaired) electrons. The summed E-state index contributed by atoms with van der Waals surface area (Å²) in [5.74, 6) is -1.88. The molecule has 1 aromatic heterocycles. The van der Waals surface area contributed by atoms with Crippen LogP contribution in [0.1, 0.15) is 16.1 Å². The minimum absolute atomic E-state index is 0.0717. The maximum Gasteiger partial charge on any atom is 0.325 e.